The highest BCUT2D eigenvalue weighted by Gasteiger charge is 2.36. The predicted octanol–water partition coefficient (Wildman–Crippen LogP) is 3.21. The van der Waals surface area contributed by atoms with Crippen LogP contribution in [0.25, 0.3) is 0 Å². The van der Waals surface area contributed by atoms with Crippen LogP contribution in [0.1, 0.15) is 66.2 Å². The smallest absolute Gasteiger partial charge is 0.225 e. The molecule has 0 radical (unpaired) electrons. The number of amides is 1. The van der Waals surface area contributed by atoms with Crippen molar-refractivity contribution in [2.45, 2.75) is 71.8 Å². The van der Waals surface area contributed by atoms with Gasteiger partial charge in [-0.1, -0.05) is 20.8 Å². The third-order valence-corrected chi connectivity index (χ3v) is 5.45. The fraction of sp³-hybridized carbons (Fsp3) is 0.941. The van der Waals surface area contributed by atoms with Crippen molar-refractivity contribution < 1.29 is 9.90 Å². The molecule has 0 aromatic carbocycles. The lowest BCUT2D eigenvalue weighted by Crippen LogP contribution is -2.47. The van der Waals surface area contributed by atoms with Crippen molar-refractivity contribution in [1.29, 1.82) is 0 Å². The molecular formula is C17H31NO2. The lowest BCUT2D eigenvalue weighted by molar-refractivity contribution is -0.140. The van der Waals surface area contributed by atoms with Crippen molar-refractivity contribution >= 4 is 5.91 Å². The molecule has 0 atom stereocenters. The van der Waals surface area contributed by atoms with Crippen molar-refractivity contribution in [3.63, 3.8) is 0 Å². The zero-order valence-electron chi connectivity index (χ0n) is 13.6. The van der Waals surface area contributed by atoms with E-state index in [4.69, 9.17) is 0 Å². The summed E-state index contributed by atoms with van der Waals surface area (Å²) in [5.74, 6) is 1.33. The van der Waals surface area contributed by atoms with Gasteiger partial charge in [-0.3, -0.25) is 4.79 Å². The van der Waals surface area contributed by atoms with Crippen LogP contribution in [0.15, 0.2) is 0 Å². The summed E-state index contributed by atoms with van der Waals surface area (Å²) in [5, 5.41) is 9.97. The van der Waals surface area contributed by atoms with E-state index in [0.29, 0.717) is 11.3 Å². The number of nitrogens with zero attached hydrogens (tertiary/aromatic N) is 1. The first-order valence-electron chi connectivity index (χ1n) is 8.20. The largest absolute Gasteiger partial charge is 0.390 e. The van der Waals surface area contributed by atoms with Gasteiger partial charge in [0.25, 0.3) is 0 Å². The summed E-state index contributed by atoms with van der Waals surface area (Å²) in [6.07, 6.45) is 5.91. The molecule has 2 rings (SSSR count). The normalized spacial score (nSPS) is 31.1. The van der Waals surface area contributed by atoms with Crippen LogP contribution < -0.4 is 0 Å². The van der Waals surface area contributed by atoms with Crippen molar-refractivity contribution in [3.05, 3.63) is 0 Å². The zero-order chi connectivity index (χ0) is 15.0. The number of piperidine rings is 1. The van der Waals surface area contributed by atoms with Gasteiger partial charge in [0.05, 0.1) is 5.60 Å². The number of aliphatic hydroxyl groups is 1. The van der Waals surface area contributed by atoms with E-state index < -0.39 is 5.60 Å². The summed E-state index contributed by atoms with van der Waals surface area (Å²) in [4.78, 5) is 14.6. The molecule has 1 saturated heterocycles. The van der Waals surface area contributed by atoms with E-state index in [1.54, 1.807) is 0 Å². The molecule has 0 aromatic heterocycles. The fourth-order valence-electron chi connectivity index (χ4n) is 3.67. The topological polar surface area (TPSA) is 40.5 Å². The van der Waals surface area contributed by atoms with E-state index in [1.807, 2.05) is 11.8 Å². The molecule has 2 fully saturated rings. The Balaban J connectivity index is 1.84. The fourth-order valence-corrected chi connectivity index (χ4v) is 3.67. The molecule has 1 aliphatic carbocycles. The van der Waals surface area contributed by atoms with E-state index in [-0.39, 0.29) is 5.92 Å². The van der Waals surface area contributed by atoms with Crippen LogP contribution >= 0.6 is 0 Å². The molecule has 1 heterocycles. The lowest BCUT2D eigenvalue weighted by Gasteiger charge is -2.40. The summed E-state index contributed by atoms with van der Waals surface area (Å²) in [7, 11) is 0. The monoisotopic (exact) mass is 281 g/mol. The molecule has 0 spiro atoms. The summed E-state index contributed by atoms with van der Waals surface area (Å²) in [6, 6.07) is 0. The number of hydrogen-bond acceptors (Lipinski definition) is 2. The summed E-state index contributed by atoms with van der Waals surface area (Å²) in [6.45, 7) is 10.3. The number of hydrogen-bond donors (Lipinski definition) is 1. The minimum Gasteiger partial charge on any atom is -0.390 e. The van der Waals surface area contributed by atoms with Gasteiger partial charge in [-0.2, -0.15) is 0 Å². The summed E-state index contributed by atoms with van der Waals surface area (Å²) < 4.78 is 0. The zero-order valence-corrected chi connectivity index (χ0v) is 13.6. The van der Waals surface area contributed by atoms with Crippen molar-refractivity contribution in [1.82, 2.24) is 4.90 Å². The van der Waals surface area contributed by atoms with Gasteiger partial charge in [0, 0.05) is 19.0 Å². The molecule has 3 nitrogen and oxygen atoms in total. The molecular weight excluding hydrogens is 250 g/mol. The summed E-state index contributed by atoms with van der Waals surface area (Å²) >= 11 is 0. The third kappa shape index (κ3) is 3.75. The highest BCUT2D eigenvalue weighted by molar-refractivity contribution is 5.79. The molecule has 1 saturated carbocycles. The lowest BCUT2D eigenvalue weighted by atomic mass is 9.69. The Hall–Kier alpha value is -0.570. The Morgan fingerprint density at radius 2 is 1.60 bits per heavy atom. The Bertz CT molecular complexity index is 338. The Kier molecular flexibility index (Phi) is 4.48. The number of carbonyl (C=O) groups excluding carboxylic acids is 1. The predicted molar refractivity (Wildman–Crippen MR) is 81.3 cm³/mol. The quantitative estimate of drug-likeness (QED) is 0.801. The first-order chi connectivity index (χ1) is 9.19. The standard InChI is InChI=1S/C17H31NO2/c1-16(2,3)14-7-5-13(6-8-14)15(19)18-11-9-17(4,20)10-12-18/h13-14,20H,5-12H2,1-4H3. The third-order valence-electron chi connectivity index (χ3n) is 5.45. The van der Waals surface area contributed by atoms with Crippen molar-refractivity contribution in [3.8, 4) is 0 Å². The molecule has 0 unspecified atom stereocenters. The minimum absolute atomic E-state index is 0.233. The van der Waals surface area contributed by atoms with Crippen LogP contribution in [0, 0.1) is 17.3 Å². The van der Waals surface area contributed by atoms with Gasteiger partial charge in [-0.15, -0.1) is 0 Å². The second-order valence-corrected chi connectivity index (χ2v) is 8.24. The highest BCUT2D eigenvalue weighted by atomic mass is 16.3. The molecule has 1 amide bonds. The average molecular weight is 281 g/mol. The SMILES string of the molecule is CC1(O)CCN(C(=O)C2CCC(C(C)(C)C)CC2)CC1. The highest BCUT2D eigenvalue weighted by Crippen LogP contribution is 2.40. The van der Waals surface area contributed by atoms with Gasteiger partial charge in [0.1, 0.15) is 0 Å². The van der Waals surface area contributed by atoms with E-state index in [1.165, 1.54) is 12.8 Å². The number of likely N-dealkylation sites (tertiary alicyclic amines) is 1. The first-order valence-corrected chi connectivity index (χ1v) is 8.20. The van der Waals surface area contributed by atoms with Gasteiger partial charge in [0.2, 0.25) is 5.91 Å². The van der Waals surface area contributed by atoms with Gasteiger partial charge in [0.15, 0.2) is 0 Å². The van der Waals surface area contributed by atoms with Crippen LogP contribution in [0.3, 0.4) is 0 Å². The minimum atomic E-state index is -0.569. The molecule has 1 N–H and O–H groups in total. The molecule has 20 heavy (non-hydrogen) atoms. The molecule has 0 bridgehead atoms. The molecule has 2 aliphatic rings. The average Bonchev–Trinajstić information content (AvgIpc) is 2.37. The second-order valence-electron chi connectivity index (χ2n) is 8.24. The maximum absolute atomic E-state index is 12.6. The molecule has 1 aliphatic heterocycles. The van der Waals surface area contributed by atoms with Crippen LogP contribution in [0.2, 0.25) is 0 Å². The Labute approximate surface area is 123 Å². The molecule has 3 heteroatoms. The number of carbonyl (C=O) groups is 1. The van der Waals surface area contributed by atoms with Gasteiger partial charge >= 0.3 is 0 Å². The van der Waals surface area contributed by atoms with Crippen LogP contribution in [-0.2, 0) is 4.79 Å². The van der Waals surface area contributed by atoms with Crippen LogP contribution in [0.5, 0.6) is 0 Å². The van der Waals surface area contributed by atoms with Gasteiger partial charge < -0.3 is 10.0 Å². The summed E-state index contributed by atoms with van der Waals surface area (Å²) in [5.41, 5.74) is -0.196. The maximum atomic E-state index is 12.6. The van der Waals surface area contributed by atoms with E-state index in [0.717, 1.165) is 44.7 Å². The second kappa shape index (κ2) is 5.67. The van der Waals surface area contributed by atoms with E-state index in [9.17, 15) is 9.90 Å². The van der Waals surface area contributed by atoms with E-state index >= 15 is 0 Å². The Morgan fingerprint density at radius 3 is 2.05 bits per heavy atom. The van der Waals surface area contributed by atoms with Crippen molar-refractivity contribution in [2.75, 3.05) is 13.1 Å². The van der Waals surface area contributed by atoms with Crippen LogP contribution in [-0.4, -0.2) is 34.6 Å². The maximum Gasteiger partial charge on any atom is 0.225 e. The number of rotatable bonds is 1. The van der Waals surface area contributed by atoms with Crippen molar-refractivity contribution in [2.24, 2.45) is 17.3 Å². The Morgan fingerprint density at radius 1 is 1.10 bits per heavy atom. The molecule has 0 aromatic rings. The molecule has 116 valence electrons. The van der Waals surface area contributed by atoms with Crippen LogP contribution in [0.4, 0.5) is 0 Å². The van der Waals surface area contributed by atoms with Gasteiger partial charge in [-0.25, -0.2) is 0 Å². The van der Waals surface area contributed by atoms with E-state index in [2.05, 4.69) is 20.8 Å². The van der Waals surface area contributed by atoms with Gasteiger partial charge in [-0.05, 0) is 56.8 Å². The first kappa shape index (κ1) is 15.8.